The van der Waals surface area contributed by atoms with E-state index in [1.807, 2.05) is 0 Å². The fourth-order valence-electron chi connectivity index (χ4n) is 3.02. The van der Waals surface area contributed by atoms with Crippen molar-refractivity contribution in [1.29, 1.82) is 0 Å². The summed E-state index contributed by atoms with van der Waals surface area (Å²) in [6.07, 6.45) is -3.74. The van der Waals surface area contributed by atoms with Crippen molar-refractivity contribution in [1.82, 2.24) is 10.2 Å². The first kappa shape index (κ1) is 20.8. The van der Waals surface area contributed by atoms with Gasteiger partial charge in [-0.15, -0.1) is 0 Å². The first-order valence-corrected chi connectivity index (χ1v) is 8.31. The van der Waals surface area contributed by atoms with Gasteiger partial charge in [0.2, 0.25) is 0 Å². The number of aryl methyl sites for hydroxylation is 1. The smallest absolute Gasteiger partial charge is 0.402 e. The fraction of sp³-hybridized carbons (Fsp3) is 0.368. The Morgan fingerprint density at radius 3 is 2.59 bits per heavy atom. The van der Waals surface area contributed by atoms with Crippen molar-refractivity contribution < 1.29 is 22.7 Å². The zero-order valence-electron chi connectivity index (χ0n) is 15.0. The van der Waals surface area contributed by atoms with Gasteiger partial charge in [-0.3, -0.25) is 0 Å². The summed E-state index contributed by atoms with van der Waals surface area (Å²) in [6, 6.07) is 7.02. The molecule has 146 valence electrons. The van der Waals surface area contributed by atoms with Crippen LogP contribution in [0.1, 0.15) is 42.5 Å². The summed E-state index contributed by atoms with van der Waals surface area (Å²) in [7, 11) is 0. The molecule has 0 amide bonds. The lowest BCUT2D eigenvalue weighted by Gasteiger charge is -2.33. The maximum Gasteiger partial charge on any atom is 0.417 e. The van der Waals surface area contributed by atoms with E-state index < -0.39 is 36.4 Å². The maximum absolute atomic E-state index is 13.6. The first-order chi connectivity index (χ1) is 12.5. The molecule has 0 saturated heterocycles. The minimum Gasteiger partial charge on any atom is -0.402 e. The number of halogens is 4. The Morgan fingerprint density at radius 1 is 1.30 bits per heavy atom. The van der Waals surface area contributed by atoms with Crippen molar-refractivity contribution >= 4 is 6.08 Å². The lowest BCUT2D eigenvalue weighted by molar-refractivity contribution is -0.263. The SMILES string of the molecule is Cc1ccc(F)cc1C(C)CC(O)(C/C(N)=C/c1cccnn1)C(F)(F)F. The van der Waals surface area contributed by atoms with Crippen LogP contribution in [0.3, 0.4) is 0 Å². The van der Waals surface area contributed by atoms with Gasteiger partial charge in [0.15, 0.2) is 5.60 Å². The quantitative estimate of drug-likeness (QED) is 0.737. The van der Waals surface area contributed by atoms with Crippen LogP contribution < -0.4 is 5.73 Å². The molecule has 0 saturated carbocycles. The minimum atomic E-state index is -4.91. The molecule has 2 atom stereocenters. The van der Waals surface area contributed by atoms with Gasteiger partial charge in [-0.25, -0.2) is 4.39 Å². The Kier molecular flexibility index (Phi) is 6.20. The molecule has 0 fully saturated rings. The Bertz CT molecular complexity index is 808. The summed E-state index contributed by atoms with van der Waals surface area (Å²) < 4.78 is 54.4. The summed E-state index contributed by atoms with van der Waals surface area (Å²) in [5, 5.41) is 17.8. The molecule has 1 heterocycles. The highest BCUT2D eigenvalue weighted by atomic mass is 19.4. The van der Waals surface area contributed by atoms with Crippen LogP contribution in [-0.4, -0.2) is 27.1 Å². The number of hydrogen-bond acceptors (Lipinski definition) is 4. The second-order valence-corrected chi connectivity index (χ2v) is 6.68. The van der Waals surface area contributed by atoms with Gasteiger partial charge in [-0.1, -0.05) is 13.0 Å². The van der Waals surface area contributed by atoms with E-state index in [4.69, 9.17) is 5.73 Å². The normalized spacial score (nSPS) is 16.0. The van der Waals surface area contributed by atoms with Crippen LogP contribution in [-0.2, 0) is 0 Å². The number of nitrogens with two attached hydrogens (primary N) is 1. The second kappa shape index (κ2) is 8.04. The molecule has 0 aliphatic carbocycles. The Balaban J connectivity index is 2.28. The number of alkyl halides is 3. The van der Waals surface area contributed by atoms with Crippen molar-refractivity contribution in [2.24, 2.45) is 5.73 Å². The molecule has 4 nitrogen and oxygen atoms in total. The number of aliphatic hydroxyl groups is 1. The molecular formula is C19H21F4N3O. The molecule has 0 aliphatic rings. The monoisotopic (exact) mass is 383 g/mol. The van der Waals surface area contributed by atoms with Gasteiger partial charge in [-0.2, -0.15) is 23.4 Å². The van der Waals surface area contributed by atoms with E-state index in [1.165, 1.54) is 43.5 Å². The zero-order valence-corrected chi connectivity index (χ0v) is 15.0. The molecule has 1 aromatic heterocycles. The van der Waals surface area contributed by atoms with E-state index in [1.54, 1.807) is 13.0 Å². The van der Waals surface area contributed by atoms with Gasteiger partial charge in [0.1, 0.15) is 5.82 Å². The highest BCUT2D eigenvalue weighted by Gasteiger charge is 2.54. The maximum atomic E-state index is 13.6. The Hall–Kier alpha value is -2.48. The van der Waals surface area contributed by atoms with Crippen molar-refractivity contribution in [3.8, 4) is 0 Å². The third-order valence-corrected chi connectivity index (χ3v) is 4.37. The summed E-state index contributed by atoms with van der Waals surface area (Å²) >= 11 is 0. The topological polar surface area (TPSA) is 72.0 Å². The van der Waals surface area contributed by atoms with Gasteiger partial charge in [-0.05, 0) is 60.7 Å². The summed E-state index contributed by atoms with van der Waals surface area (Å²) in [6.45, 7) is 3.20. The highest BCUT2D eigenvalue weighted by Crippen LogP contribution is 2.42. The molecular weight excluding hydrogens is 362 g/mol. The molecule has 0 radical (unpaired) electrons. The lowest BCUT2D eigenvalue weighted by atomic mass is 9.82. The number of hydrogen-bond donors (Lipinski definition) is 2. The van der Waals surface area contributed by atoms with Crippen molar-refractivity contribution in [2.45, 2.75) is 44.4 Å². The summed E-state index contributed by atoms with van der Waals surface area (Å²) in [4.78, 5) is 0. The number of rotatable bonds is 6. The van der Waals surface area contributed by atoms with E-state index in [-0.39, 0.29) is 11.4 Å². The Labute approximate surface area is 154 Å². The molecule has 3 N–H and O–H groups in total. The molecule has 8 heteroatoms. The van der Waals surface area contributed by atoms with Gasteiger partial charge in [0.25, 0.3) is 0 Å². The standard InChI is InChI=1S/C19H21F4N3O/c1-12-5-6-14(20)8-17(12)13(2)10-18(27,19(21,22)23)11-15(24)9-16-4-3-7-25-26-16/h3-9,13,27H,10-11,24H2,1-2H3/b15-9-. The van der Waals surface area contributed by atoms with Gasteiger partial charge < -0.3 is 10.8 Å². The van der Waals surface area contributed by atoms with Crippen molar-refractivity contribution in [3.05, 3.63) is 64.9 Å². The first-order valence-electron chi connectivity index (χ1n) is 8.31. The predicted octanol–water partition coefficient (Wildman–Crippen LogP) is 4.10. The van der Waals surface area contributed by atoms with Gasteiger partial charge in [0.05, 0.1) is 5.69 Å². The van der Waals surface area contributed by atoms with Crippen LogP contribution in [0.5, 0.6) is 0 Å². The Morgan fingerprint density at radius 2 is 2.00 bits per heavy atom. The van der Waals surface area contributed by atoms with E-state index >= 15 is 0 Å². The van der Waals surface area contributed by atoms with Crippen LogP contribution in [0.4, 0.5) is 17.6 Å². The third-order valence-electron chi connectivity index (χ3n) is 4.37. The number of nitrogens with zero attached hydrogens (tertiary/aromatic N) is 2. The van der Waals surface area contributed by atoms with Gasteiger partial charge >= 0.3 is 6.18 Å². The lowest BCUT2D eigenvalue weighted by Crippen LogP contribution is -2.47. The van der Waals surface area contributed by atoms with Crippen LogP contribution in [0.2, 0.25) is 0 Å². The fourth-order valence-corrected chi connectivity index (χ4v) is 3.02. The summed E-state index contributed by atoms with van der Waals surface area (Å²) in [5.41, 5.74) is 3.83. The minimum absolute atomic E-state index is 0.182. The molecule has 27 heavy (non-hydrogen) atoms. The average Bonchev–Trinajstić information content (AvgIpc) is 2.56. The van der Waals surface area contributed by atoms with E-state index in [0.29, 0.717) is 11.1 Å². The average molecular weight is 383 g/mol. The van der Waals surface area contributed by atoms with Crippen LogP contribution in [0.25, 0.3) is 6.08 Å². The summed E-state index contributed by atoms with van der Waals surface area (Å²) in [5.74, 6) is -1.28. The third kappa shape index (κ3) is 5.26. The molecule has 1 aromatic carbocycles. The molecule has 0 bridgehead atoms. The largest absolute Gasteiger partial charge is 0.417 e. The molecule has 2 aromatic rings. The van der Waals surface area contributed by atoms with Gasteiger partial charge in [0, 0.05) is 18.3 Å². The van der Waals surface area contributed by atoms with E-state index in [9.17, 15) is 22.7 Å². The molecule has 0 aliphatic heterocycles. The van der Waals surface area contributed by atoms with Crippen LogP contribution >= 0.6 is 0 Å². The molecule has 2 unspecified atom stereocenters. The van der Waals surface area contributed by atoms with Crippen molar-refractivity contribution in [3.63, 3.8) is 0 Å². The molecule has 0 spiro atoms. The second-order valence-electron chi connectivity index (χ2n) is 6.68. The van der Waals surface area contributed by atoms with Crippen molar-refractivity contribution in [2.75, 3.05) is 0 Å². The van der Waals surface area contributed by atoms with E-state index in [2.05, 4.69) is 10.2 Å². The zero-order chi connectivity index (χ0) is 20.2. The molecule has 2 rings (SSSR count). The van der Waals surface area contributed by atoms with E-state index in [0.717, 1.165) is 0 Å². The number of aromatic nitrogens is 2. The van der Waals surface area contributed by atoms with Crippen LogP contribution in [0.15, 0.2) is 42.2 Å². The number of benzene rings is 1. The predicted molar refractivity (Wildman–Crippen MR) is 94.0 cm³/mol. The van der Waals surface area contributed by atoms with Crippen LogP contribution in [0, 0.1) is 12.7 Å². The highest BCUT2D eigenvalue weighted by molar-refractivity contribution is 5.47.